The summed E-state index contributed by atoms with van der Waals surface area (Å²) in [5.74, 6) is -5.66. The summed E-state index contributed by atoms with van der Waals surface area (Å²) in [4.78, 5) is 53.5. The summed E-state index contributed by atoms with van der Waals surface area (Å²) in [5.41, 5.74) is -3.87. The third-order valence-corrected chi connectivity index (χ3v) is 5.73. The lowest BCUT2D eigenvalue weighted by molar-refractivity contribution is -0.167. The zero-order valence-electron chi connectivity index (χ0n) is 18.9. The van der Waals surface area contributed by atoms with Crippen LogP contribution >= 0.6 is 15.9 Å². The number of imide groups is 1. The van der Waals surface area contributed by atoms with E-state index in [1.54, 1.807) is 20.8 Å². The van der Waals surface area contributed by atoms with E-state index in [1.807, 2.05) is 0 Å². The number of hydrogen-bond acceptors (Lipinski definition) is 6. The summed E-state index contributed by atoms with van der Waals surface area (Å²) < 4.78 is 39.4. The molecular formula is C24H22BrF2NO6. The van der Waals surface area contributed by atoms with Gasteiger partial charge in [0.2, 0.25) is 0 Å². The summed E-state index contributed by atoms with van der Waals surface area (Å²) >= 11 is 3.14. The molecule has 0 saturated carbocycles. The van der Waals surface area contributed by atoms with E-state index in [0.717, 1.165) is 31.4 Å². The molecule has 2 amide bonds. The van der Waals surface area contributed by atoms with Crippen molar-refractivity contribution < 1.29 is 37.4 Å². The lowest BCUT2D eigenvalue weighted by Crippen LogP contribution is -2.59. The highest BCUT2D eigenvalue weighted by molar-refractivity contribution is 9.10. The molecule has 1 heterocycles. The molecule has 1 aliphatic rings. The minimum absolute atomic E-state index is 0.00787. The van der Waals surface area contributed by atoms with Crippen LogP contribution in [-0.2, 0) is 35.8 Å². The number of methoxy groups -OCH3 is 1. The molecule has 2 aromatic rings. The van der Waals surface area contributed by atoms with Gasteiger partial charge < -0.3 is 9.47 Å². The van der Waals surface area contributed by atoms with E-state index in [1.165, 1.54) is 12.1 Å². The molecule has 3 rings (SSSR count). The number of ether oxygens (including phenoxy) is 2. The van der Waals surface area contributed by atoms with Crippen LogP contribution in [-0.4, -0.2) is 41.4 Å². The van der Waals surface area contributed by atoms with Crippen molar-refractivity contribution >= 4 is 39.7 Å². The Morgan fingerprint density at radius 2 is 1.76 bits per heavy atom. The van der Waals surface area contributed by atoms with Crippen molar-refractivity contribution in [2.24, 2.45) is 0 Å². The third-order valence-electron chi connectivity index (χ3n) is 5.23. The van der Waals surface area contributed by atoms with Crippen LogP contribution in [0.25, 0.3) is 0 Å². The smallest absolute Gasteiger partial charge is 0.326 e. The number of hydrogen-bond donors (Lipinski definition) is 0. The highest BCUT2D eigenvalue weighted by atomic mass is 79.9. The predicted octanol–water partition coefficient (Wildman–Crippen LogP) is 4.05. The van der Waals surface area contributed by atoms with Crippen molar-refractivity contribution in [3.05, 3.63) is 69.2 Å². The largest absolute Gasteiger partial charge is 0.468 e. The molecular weight excluding hydrogens is 516 g/mol. The molecule has 1 atom stereocenters. The predicted molar refractivity (Wildman–Crippen MR) is 120 cm³/mol. The van der Waals surface area contributed by atoms with Crippen LogP contribution in [0.5, 0.6) is 0 Å². The van der Waals surface area contributed by atoms with Gasteiger partial charge in [0.15, 0.2) is 5.41 Å². The third kappa shape index (κ3) is 4.72. The zero-order valence-corrected chi connectivity index (χ0v) is 20.5. The number of amides is 2. The molecule has 0 aromatic heterocycles. The second kappa shape index (κ2) is 9.25. The number of esters is 2. The van der Waals surface area contributed by atoms with E-state index in [-0.39, 0.29) is 16.7 Å². The van der Waals surface area contributed by atoms with Crippen LogP contribution in [0.3, 0.4) is 0 Å². The van der Waals surface area contributed by atoms with Gasteiger partial charge >= 0.3 is 11.9 Å². The fraction of sp³-hybridized carbons (Fsp3) is 0.333. The van der Waals surface area contributed by atoms with Gasteiger partial charge in [-0.1, -0.05) is 22.0 Å². The van der Waals surface area contributed by atoms with E-state index >= 15 is 0 Å². The van der Waals surface area contributed by atoms with Crippen LogP contribution in [0, 0.1) is 11.6 Å². The molecule has 0 spiro atoms. The fourth-order valence-electron chi connectivity index (χ4n) is 3.81. The molecule has 0 saturated heterocycles. The first-order valence-electron chi connectivity index (χ1n) is 10.2. The van der Waals surface area contributed by atoms with Crippen molar-refractivity contribution in [1.82, 2.24) is 4.90 Å². The topological polar surface area (TPSA) is 90.0 Å². The summed E-state index contributed by atoms with van der Waals surface area (Å²) in [6, 6.07) is 7.00. The number of rotatable bonds is 5. The van der Waals surface area contributed by atoms with E-state index in [9.17, 15) is 28.0 Å². The highest BCUT2D eigenvalue weighted by Crippen LogP contribution is 2.41. The Morgan fingerprint density at radius 3 is 2.35 bits per heavy atom. The van der Waals surface area contributed by atoms with Gasteiger partial charge in [-0.05, 0) is 56.7 Å². The van der Waals surface area contributed by atoms with Crippen molar-refractivity contribution in [3.63, 3.8) is 0 Å². The Labute approximate surface area is 203 Å². The quantitative estimate of drug-likeness (QED) is 0.324. The maximum Gasteiger partial charge on any atom is 0.326 e. The van der Waals surface area contributed by atoms with Gasteiger partial charge in [0.1, 0.15) is 17.2 Å². The fourth-order valence-corrected chi connectivity index (χ4v) is 4.14. The van der Waals surface area contributed by atoms with Crippen LogP contribution in [0.2, 0.25) is 0 Å². The Bertz CT molecular complexity index is 1190. The summed E-state index contributed by atoms with van der Waals surface area (Å²) in [6.07, 6.45) is -0.848. The number of nitrogens with zero attached hydrogens (tertiary/aromatic N) is 1. The van der Waals surface area contributed by atoms with E-state index in [0.29, 0.717) is 9.37 Å². The standard InChI is InChI=1S/C24H22BrF2NO6/c1-23(2,3)34-19(29)11-24(22(32)33-4)17-10-15(26)7-8-16(17)20(30)28(21(24)31)12-13-5-6-14(25)9-18(13)27/h5-10H,11-12H2,1-4H3. The molecule has 34 heavy (non-hydrogen) atoms. The monoisotopic (exact) mass is 537 g/mol. The average Bonchev–Trinajstić information content (AvgIpc) is 2.73. The van der Waals surface area contributed by atoms with Gasteiger partial charge in [0.05, 0.1) is 20.1 Å². The molecule has 0 bridgehead atoms. The van der Waals surface area contributed by atoms with Gasteiger partial charge in [0, 0.05) is 15.6 Å². The van der Waals surface area contributed by atoms with Crippen LogP contribution in [0.15, 0.2) is 40.9 Å². The molecule has 1 unspecified atom stereocenters. The van der Waals surface area contributed by atoms with Gasteiger partial charge in [-0.15, -0.1) is 0 Å². The summed E-state index contributed by atoms with van der Waals surface area (Å²) in [6.45, 7) is 4.26. The number of carbonyl (C=O) groups is 4. The van der Waals surface area contributed by atoms with Crippen molar-refractivity contribution in [3.8, 4) is 0 Å². The van der Waals surface area contributed by atoms with E-state index < -0.39 is 59.4 Å². The van der Waals surface area contributed by atoms with Gasteiger partial charge in [-0.3, -0.25) is 24.1 Å². The van der Waals surface area contributed by atoms with E-state index in [4.69, 9.17) is 9.47 Å². The minimum atomic E-state index is -2.41. The lowest BCUT2D eigenvalue weighted by Gasteiger charge is -2.39. The molecule has 0 fully saturated rings. The first-order chi connectivity index (χ1) is 15.8. The molecule has 0 N–H and O–H groups in total. The van der Waals surface area contributed by atoms with Crippen LogP contribution in [0.4, 0.5) is 8.78 Å². The zero-order chi connectivity index (χ0) is 25.4. The number of benzene rings is 2. The Morgan fingerprint density at radius 1 is 1.09 bits per heavy atom. The van der Waals surface area contributed by atoms with E-state index in [2.05, 4.69) is 15.9 Å². The Balaban J connectivity index is 2.21. The molecule has 7 nitrogen and oxygen atoms in total. The molecule has 10 heteroatoms. The molecule has 0 aliphatic carbocycles. The van der Waals surface area contributed by atoms with Crippen molar-refractivity contribution in [2.45, 2.75) is 44.8 Å². The summed E-state index contributed by atoms with van der Waals surface area (Å²) in [7, 11) is 1.00. The second-order valence-corrected chi connectivity index (χ2v) is 9.70. The number of fused-ring (bicyclic) bond motifs is 1. The number of halogens is 3. The molecule has 0 radical (unpaired) electrons. The normalized spacial score (nSPS) is 17.9. The maximum absolute atomic E-state index is 14.5. The lowest BCUT2D eigenvalue weighted by atomic mass is 9.71. The second-order valence-electron chi connectivity index (χ2n) is 8.78. The molecule has 1 aliphatic heterocycles. The van der Waals surface area contributed by atoms with Gasteiger partial charge in [0.25, 0.3) is 11.8 Å². The molecule has 180 valence electrons. The van der Waals surface area contributed by atoms with Gasteiger partial charge in [-0.2, -0.15) is 0 Å². The van der Waals surface area contributed by atoms with Crippen LogP contribution in [0.1, 0.15) is 48.7 Å². The maximum atomic E-state index is 14.5. The van der Waals surface area contributed by atoms with Gasteiger partial charge in [-0.25, -0.2) is 8.78 Å². The first-order valence-corrected chi connectivity index (χ1v) is 11.0. The van der Waals surface area contributed by atoms with Crippen molar-refractivity contribution in [1.29, 1.82) is 0 Å². The first kappa shape index (κ1) is 25.5. The van der Waals surface area contributed by atoms with Crippen LogP contribution < -0.4 is 0 Å². The highest BCUT2D eigenvalue weighted by Gasteiger charge is 2.58. The average molecular weight is 538 g/mol. The SMILES string of the molecule is COC(=O)C1(CC(=O)OC(C)(C)C)C(=O)N(Cc2ccc(Br)cc2F)C(=O)c2ccc(F)cc21. The van der Waals surface area contributed by atoms with Crippen molar-refractivity contribution in [2.75, 3.05) is 7.11 Å². The number of carbonyl (C=O) groups excluding carboxylic acids is 4. The Hall–Kier alpha value is -3.14. The summed E-state index contributed by atoms with van der Waals surface area (Å²) in [5, 5.41) is 0. The minimum Gasteiger partial charge on any atom is -0.468 e. The Kier molecular flexibility index (Phi) is 6.93. The molecule has 2 aromatic carbocycles.